The number of fused-ring (bicyclic) bond motifs is 2. The van der Waals surface area contributed by atoms with Gasteiger partial charge in [-0.25, -0.2) is 10.1 Å². The van der Waals surface area contributed by atoms with Crippen molar-refractivity contribution >= 4 is 33.3 Å². The van der Waals surface area contributed by atoms with Crippen molar-refractivity contribution < 1.29 is 9.47 Å². The molecular weight excluding hydrogens is 456 g/mol. The lowest BCUT2D eigenvalue weighted by Gasteiger charge is -2.10. The van der Waals surface area contributed by atoms with Gasteiger partial charge in [-0.3, -0.25) is 9.59 Å². The first-order valence-electron chi connectivity index (χ1n) is 10.4. The number of nitrogens with one attached hydrogen (secondary N) is 2. The Balaban J connectivity index is 1.59. The molecule has 5 aromatic rings. The van der Waals surface area contributed by atoms with Crippen molar-refractivity contribution in [1.29, 1.82) is 0 Å². The van der Waals surface area contributed by atoms with Crippen LogP contribution in [-0.4, -0.2) is 34.4 Å². The lowest BCUT2D eigenvalue weighted by molar-refractivity contribution is 0.397. The molecule has 0 unspecified atom stereocenters. The summed E-state index contributed by atoms with van der Waals surface area (Å²) in [4.78, 5) is 32.5. The molecule has 34 heavy (non-hydrogen) atoms. The summed E-state index contributed by atoms with van der Waals surface area (Å²) in [6.45, 7) is 0. The molecule has 0 radical (unpaired) electrons. The van der Waals surface area contributed by atoms with Crippen LogP contribution in [0.5, 0.6) is 11.5 Å². The van der Waals surface area contributed by atoms with E-state index in [2.05, 4.69) is 20.2 Å². The minimum absolute atomic E-state index is 0.270. The molecule has 0 saturated heterocycles. The molecule has 170 valence electrons. The van der Waals surface area contributed by atoms with Crippen molar-refractivity contribution in [2.75, 3.05) is 14.2 Å². The third-order valence-corrected chi connectivity index (χ3v) is 5.84. The number of H-pyrrole nitrogens is 2. The molecule has 0 atom stereocenters. The highest BCUT2D eigenvalue weighted by atomic mass is 35.5. The summed E-state index contributed by atoms with van der Waals surface area (Å²) in [5, 5.41) is 8.88. The summed E-state index contributed by atoms with van der Waals surface area (Å²) in [6.07, 6.45) is 0.445. The fourth-order valence-electron chi connectivity index (χ4n) is 3.98. The number of rotatable bonds is 5. The standard InChI is InChI=1S/C25H19ClN4O4/c1-33-16-11-20-22(21(12-16)34-2)25(32)28-23(27-20)14-5-3-4-13(8-14)9-19-18-10-15(26)6-7-17(18)24(31)30-29-19/h3-8,10-12H,9H2,1-2H3,(H,30,31)(H,27,28,32). The Bertz CT molecular complexity index is 1680. The summed E-state index contributed by atoms with van der Waals surface area (Å²) < 4.78 is 10.7. The minimum Gasteiger partial charge on any atom is -0.497 e. The van der Waals surface area contributed by atoms with Crippen molar-refractivity contribution in [1.82, 2.24) is 20.2 Å². The zero-order chi connectivity index (χ0) is 23.8. The molecule has 0 spiro atoms. The molecule has 0 amide bonds. The maximum absolute atomic E-state index is 12.9. The van der Waals surface area contributed by atoms with Gasteiger partial charge in [0.2, 0.25) is 0 Å². The van der Waals surface area contributed by atoms with Gasteiger partial charge >= 0.3 is 0 Å². The highest BCUT2D eigenvalue weighted by molar-refractivity contribution is 6.31. The van der Waals surface area contributed by atoms with E-state index in [1.54, 1.807) is 37.4 Å². The molecule has 2 N–H and O–H groups in total. The summed E-state index contributed by atoms with van der Waals surface area (Å²) in [7, 11) is 3.03. The van der Waals surface area contributed by atoms with Gasteiger partial charge in [0, 0.05) is 34.5 Å². The summed E-state index contributed by atoms with van der Waals surface area (Å²) in [5.74, 6) is 1.34. The fourth-order valence-corrected chi connectivity index (χ4v) is 4.15. The Labute approximate surface area is 198 Å². The lowest BCUT2D eigenvalue weighted by atomic mass is 10.0. The Hall–Kier alpha value is -4.17. The first-order chi connectivity index (χ1) is 16.5. The summed E-state index contributed by atoms with van der Waals surface area (Å²) in [6, 6.07) is 16.0. The van der Waals surface area contributed by atoms with Gasteiger partial charge in [-0.05, 0) is 29.8 Å². The Morgan fingerprint density at radius 2 is 1.79 bits per heavy atom. The maximum Gasteiger partial charge on any atom is 0.272 e. The largest absolute Gasteiger partial charge is 0.497 e. The third-order valence-electron chi connectivity index (χ3n) is 5.60. The van der Waals surface area contributed by atoms with Crippen LogP contribution < -0.4 is 20.6 Å². The number of halogens is 1. The molecule has 8 nitrogen and oxygen atoms in total. The molecular formula is C25H19ClN4O4. The predicted molar refractivity (Wildman–Crippen MR) is 131 cm³/mol. The van der Waals surface area contributed by atoms with Crippen LogP contribution in [0.3, 0.4) is 0 Å². The average Bonchev–Trinajstić information content (AvgIpc) is 2.85. The number of benzene rings is 3. The Morgan fingerprint density at radius 3 is 2.59 bits per heavy atom. The van der Waals surface area contributed by atoms with Crippen LogP contribution in [0, 0.1) is 0 Å². The van der Waals surface area contributed by atoms with Crippen LogP contribution in [0.25, 0.3) is 33.1 Å². The maximum atomic E-state index is 12.9. The van der Waals surface area contributed by atoms with Gasteiger partial charge in [-0.15, -0.1) is 0 Å². The second kappa shape index (κ2) is 8.64. The molecule has 2 aromatic heterocycles. The van der Waals surface area contributed by atoms with Gasteiger partial charge in [0.1, 0.15) is 22.7 Å². The molecule has 9 heteroatoms. The minimum atomic E-state index is -0.312. The molecule has 0 aliphatic carbocycles. The molecule has 0 bridgehead atoms. The monoisotopic (exact) mass is 474 g/mol. The van der Waals surface area contributed by atoms with Crippen molar-refractivity contribution in [3.05, 3.63) is 91.6 Å². The molecule has 2 heterocycles. The van der Waals surface area contributed by atoms with Gasteiger partial charge < -0.3 is 14.5 Å². The smallest absolute Gasteiger partial charge is 0.272 e. The quantitative estimate of drug-likeness (QED) is 0.397. The molecule has 0 aliphatic heterocycles. The number of ether oxygens (including phenoxy) is 2. The lowest BCUT2D eigenvalue weighted by Crippen LogP contribution is -2.12. The molecule has 0 saturated carbocycles. The molecule has 0 aliphatic rings. The van der Waals surface area contributed by atoms with Crippen molar-refractivity contribution in [3.8, 4) is 22.9 Å². The van der Waals surface area contributed by atoms with E-state index >= 15 is 0 Å². The average molecular weight is 475 g/mol. The van der Waals surface area contributed by atoms with Crippen molar-refractivity contribution in [3.63, 3.8) is 0 Å². The molecule has 5 rings (SSSR count). The van der Waals surface area contributed by atoms with Crippen molar-refractivity contribution in [2.45, 2.75) is 6.42 Å². The summed E-state index contributed by atoms with van der Waals surface area (Å²) in [5.41, 5.74) is 2.21. The van der Waals surface area contributed by atoms with E-state index in [4.69, 9.17) is 21.1 Å². The third kappa shape index (κ3) is 3.88. The zero-order valence-corrected chi connectivity index (χ0v) is 19.1. The Kier molecular flexibility index (Phi) is 5.51. The highest BCUT2D eigenvalue weighted by Crippen LogP contribution is 2.29. The first-order valence-corrected chi connectivity index (χ1v) is 10.8. The normalized spacial score (nSPS) is 11.1. The number of aromatic nitrogens is 4. The van der Waals surface area contributed by atoms with E-state index in [0.717, 1.165) is 11.1 Å². The van der Waals surface area contributed by atoms with Gasteiger partial charge in [-0.1, -0.05) is 29.8 Å². The molecule has 3 aromatic carbocycles. The first kappa shape index (κ1) is 21.7. The van der Waals surface area contributed by atoms with Gasteiger partial charge in [0.25, 0.3) is 11.1 Å². The van der Waals surface area contributed by atoms with Crippen LogP contribution in [0.1, 0.15) is 11.3 Å². The number of methoxy groups -OCH3 is 2. The second-order valence-electron chi connectivity index (χ2n) is 7.70. The summed E-state index contributed by atoms with van der Waals surface area (Å²) >= 11 is 6.16. The van der Waals surface area contributed by atoms with Crippen LogP contribution in [0.4, 0.5) is 0 Å². The topological polar surface area (TPSA) is 110 Å². The highest BCUT2D eigenvalue weighted by Gasteiger charge is 2.14. The number of hydrogen-bond acceptors (Lipinski definition) is 6. The van der Waals surface area contributed by atoms with Crippen LogP contribution in [-0.2, 0) is 6.42 Å². The number of nitrogens with zero attached hydrogens (tertiary/aromatic N) is 2. The van der Waals surface area contributed by atoms with E-state index < -0.39 is 0 Å². The Morgan fingerprint density at radius 1 is 0.941 bits per heavy atom. The van der Waals surface area contributed by atoms with E-state index in [1.165, 1.54) is 7.11 Å². The predicted octanol–water partition coefficient (Wildman–Crippen LogP) is 4.09. The van der Waals surface area contributed by atoms with E-state index in [9.17, 15) is 9.59 Å². The number of aromatic amines is 2. The zero-order valence-electron chi connectivity index (χ0n) is 18.3. The molecule has 0 fully saturated rings. The van der Waals surface area contributed by atoms with Crippen LogP contribution in [0.15, 0.2) is 64.2 Å². The van der Waals surface area contributed by atoms with Crippen LogP contribution in [0.2, 0.25) is 5.02 Å². The number of hydrogen-bond donors (Lipinski definition) is 2. The van der Waals surface area contributed by atoms with E-state index in [0.29, 0.717) is 56.1 Å². The second-order valence-corrected chi connectivity index (χ2v) is 8.14. The van der Waals surface area contributed by atoms with Gasteiger partial charge in [0.15, 0.2) is 0 Å². The van der Waals surface area contributed by atoms with E-state index in [-0.39, 0.29) is 11.1 Å². The van der Waals surface area contributed by atoms with Gasteiger partial charge in [-0.2, -0.15) is 5.10 Å². The SMILES string of the molecule is COc1cc(OC)c2c(=O)[nH]c(-c3cccc(Cc4n[nH]c(=O)c5ccc(Cl)cc45)c3)nc2c1. The van der Waals surface area contributed by atoms with E-state index in [1.807, 2.05) is 24.3 Å². The fraction of sp³-hybridized carbons (Fsp3) is 0.120. The van der Waals surface area contributed by atoms with Gasteiger partial charge in [0.05, 0.1) is 30.8 Å². The van der Waals surface area contributed by atoms with Crippen LogP contribution >= 0.6 is 11.6 Å². The van der Waals surface area contributed by atoms with Crippen molar-refractivity contribution in [2.24, 2.45) is 0 Å².